The number of hydrogen-bond acceptors (Lipinski definition) is 6. The van der Waals surface area contributed by atoms with Crippen LogP contribution in [-0.4, -0.2) is 38.9 Å². The molecule has 0 saturated heterocycles. The minimum atomic E-state index is -0.809. The second kappa shape index (κ2) is 8.37. The van der Waals surface area contributed by atoms with Gasteiger partial charge in [-0.15, -0.1) is 0 Å². The van der Waals surface area contributed by atoms with Crippen molar-refractivity contribution in [3.8, 4) is 11.5 Å². The van der Waals surface area contributed by atoms with Crippen LogP contribution in [0.1, 0.15) is 38.7 Å². The third kappa shape index (κ3) is 5.18. The quantitative estimate of drug-likeness (QED) is 0.432. The first kappa shape index (κ1) is 20.7. The van der Waals surface area contributed by atoms with Crippen LogP contribution >= 0.6 is 0 Å². The van der Waals surface area contributed by atoms with E-state index in [0.717, 1.165) is 0 Å². The lowest BCUT2D eigenvalue weighted by atomic mass is 9.70. The van der Waals surface area contributed by atoms with E-state index in [1.807, 2.05) is 13.8 Å². The van der Waals surface area contributed by atoms with E-state index in [1.165, 1.54) is 21.3 Å². The summed E-state index contributed by atoms with van der Waals surface area (Å²) in [5, 5.41) is 0. The van der Waals surface area contributed by atoms with E-state index in [9.17, 15) is 14.4 Å². The Bertz CT molecular complexity index is 733. The highest BCUT2D eigenvalue weighted by Crippen LogP contribution is 2.36. The Hall–Kier alpha value is -2.63. The van der Waals surface area contributed by atoms with Crippen molar-refractivity contribution < 1.29 is 28.6 Å². The molecular weight excluding hydrogens is 348 g/mol. The van der Waals surface area contributed by atoms with E-state index >= 15 is 0 Å². The molecule has 0 unspecified atom stereocenters. The SMILES string of the molecule is COC(=O)/C(=C/c1cc(OC)cc(OC)c1)CC1C(=O)CC(C)(C)CC1=O. The van der Waals surface area contributed by atoms with Gasteiger partial charge in [0.15, 0.2) is 0 Å². The van der Waals surface area contributed by atoms with Crippen molar-refractivity contribution in [1.29, 1.82) is 0 Å². The molecule has 1 aliphatic rings. The number of hydrogen-bond donors (Lipinski definition) is 0. The fraction of sp³-hybridized carbons (Fsp3) is 0.476. The first-order chi connectivity index (χ1) is 12.7. The van der Waals surface area contributed by atoms with E-state index in [4.69, 9.17) is 14.2 Å². The molecule has 1 fully saturated rings. The molecule has 6 heteroatoms. The Kier molecular flexibility index (Phi) is 6.41. The first-order valence-corrected chi connectivity index (χ1v) is 8.76. The van der Waals surface area contributed by atoms with Gasteiger partial charge in [-0.1, -0.05) is 13.8 Å². The van der Waals surface area contributed by atoms with Gasteiger partial charge in [0, 0.05) is 24.5 Å². The summed E-state index contributed by atoms with van der Waals surface area (Å²) in [6, 6.07) is 5.18. The summed E-state index contributed by atoms with van der Waals surface area (Å²) in [7, 11) is 4.34. The molecule has 0 amide bonds. The molecular formula is C21H26O6. The second-order valence-electron chi connectivity index (χ2n) is 7.51. The van der Waals surface area contributed by atoms with Gasteiger partial charge in [0.25, 0.3) is 0 Å². The molecule has 146 valence electrons. The average Bonchev–Trinajstić information content (AvgIpc) is 2.61. The summed E-state index contributed by atoms with van der Waals surface area (Å²) in [5.74, 6) is -0.505. The minimum absolute atomic E-state index is 0.0277. The predicted molar refractivity (Wildman–Crippen MR) is 101 cm³/mol. The van der Waals surface area contributed by atoms with Crippen LogP contribution in [0.15, 0.2) is 23.8 Å². The summed E-state index contributed by atoms with van der Waals surface area (Å²) in [4.78, 5) is 37.2. The zero-order chi connectivity index (χ0) is 20.2. The van der Waals surface area contributed by atoms with Crippen molar-refractivity contribution in [2.24, 2.45) is 11.3 Å². The zero-order valence-electron chi connectivity index (χ0n) is 16.5. The smallest absolute Gasteiger partial charge is 0.333 e. The Balaban J connectivity index is 2.36. The Morgan fingerprint density at radius 3 is 2.00 bits per heavy atom. The summed E-state index contributed by atoms with van der Waals surface area (Å²) in [6.45, 7) is 3.80. The first-order valence-electron chi connectivity index (χ1n) is 8.76. The minimum Gasteiger partial charge on any atom is -0.497 e. The molecule has 0 atom stereocenters. The Morgan fingerprint density at radius 2 is 1.56 bits per heavy atom. The third-order valence-corrected chi connectivity index (χ3v) is 4.67. The summed E-state index contributed by atoms with van der Waals surface area (Å²) in [6.07, 6.45) is 2.28. The third-order valence-electron chi connectivity index (χ3n) is 4.67. The summed E-state index contributed by atoms with van der Waals surface area (Å²) < 4.78 is 15.3. The Labute approximate surface area is 159 Å². The molecule has 1 aromatic rings. The molecule has 1 saturated carbocycles. The monoisotopic (exact) mass is 374 g/mol. The highest BCUT2D eigenvalue weighted by Gasteiger charge is 2.40. The van der Waals surface area contributed by atoms with Gasteiger partial charge in [0.2, 0.25) is 0 Å². The number of Topliss-reactive ketones (excluding diaryl/α,β-unsaturated/α-hetero) is 2. The Morgan fingerprint density at radius 1 is 1.04 bits per heavy atom. The van der Waals surface area contributed by atoms with Gasteiger partial charge in [-0.05, 0) is 35.6 Å². The number of carbonyl (C=O) groups is 3. The standard InChI is InChI=1S/C21H26O6/c1-21(2)11-18(22)17(19(23)12-21)9-14(20(24)27-5)6-13-7-15(25-3)10-16(8-13)26-4/h6-8,10,17H,9,11-12H2,1-5H3/b14-6+. The molecule has 6 nitrogen and oxygen atoms in total. The topological polar surface area (TPSA) is 78.9 Å². The summed E-state index contributed by atoms with van der Waals surface area (Å²) >= 11 is 0. The highest BCUT2D eigenvalue weighted by atomic mass is 16.5. The number of ether oxygens (including phenoxy) is 3. The molecule has 0 aliphatic heterocycles. The largest absolute Gasteiger partial charge is 0.497 e. The highest BCUT2D eigenvalue weighted by molar-refractivity contribution is 6.07. The maximum atomic E-state index is 12.5. The molecule has 2 rings (SSSR count). The molecule has 0 bridgehead atoms. The van der Waals surface area contributed by atoms with Crippen LogP contribution in [0.2, 0.25) is 0 Å². The predicted octanol–water partition coefficient (Wildman–Crippen LogP) is 3.22. The van der Waals surface area contributed by atoms with Crippen molar-refractivity contribution in [2.75, 3.05) is 21.3 Å². The van der Waals surface area contributed by atoms with E-state index in [2.05, 4.69) is 0 Å². The fourth-order valence-electron chi connectivity index (χ4n) is 3.33. The van der Waals surface area contributed by atoms with Crippen LogP contribution in [-0.2, 0) is 19.1 Å². The number of ketones is 2. The van der Waals surface area contributed by atoms with Gasteiger partial charge in [-0.3, -0.25) is 9.59 Å². The van der Waals surface area contributed by atoms with Crippen LogP contribution in [0.5, 0.6) is 11.5 Å². The molecule has 0 spiro atoms. The van der Waals surface area contributed by atoms with Crippen molar-refractivity contribution in [2.45, 2.75) is 33.1 Å². The van der Waals surface area contributed by atoms with Crippen molar-refractivity contribution in [3.63, 3.8) is 0 Å². The van der Waals surface area contributed by atoms with Gasteiger partial charge >= 0.3 is 5.97 Å². The molecule has 1 aliphatic carbocycles. The molecule has 0 radical (unpaired) electrons. The van der Waals surface area contributed by atoms with Gasteiger partial charge < -0.3 is 14.2 Å². The van der Waals surface area contributed by atoms with Crippen LogP contribution in [0.25, 0.3) is 6.08 Å². The number of benzene rings is 1. The van der Waals surface area contributed by atoms with Crippen LogP contribution in [0.3, 0.4) is 0 Å². The number of rotatable bonds is 6. The molecule has 0 N–H and O–H groups in total. The maximum Gasteiger partial charge on any atom is 0.333 e. The van der Waals surface area contributed by atoms with Gasteiger partial charge in [-0.2, -0.15) is 0 Å². The lowest BCUT2D eigenvalue weighted by molar-refractivity contribution is -0.140. The van der Waals surface area contributed by atoms with Gasteiger partial charge in [0.1, 0.15) is 23.1 Å². The van der Waals surface area contributed by atoms with Gasteiger partial charge in [0.05, 0.1) is 27.2 Å². The number of methoxy groups -OCH3 is 3. The fourth-order valence-corrected chi connectivity index (χ4v) is 3.33. The molecule has 0 aromatic heterocycles. The lowest BCUT2D eigenvalue weighted by Gasteiger charge is -2.32. The lowest BCUT2D eigenvalue weighted by Crippen LogP contribution is -2.38. The average molecular weight is 374 g/mol. The number of esters is 1. The zero-order valence-corrected chi connectivity index (χ0v) is 16.5. The van der Waals surface area contributed by atoms with Crippen LogP contribution in [0.4, 0.5) is 0 Å². The molecule has 1 aromatic carbocycles. The van der Waals surface area contributed by atoms with E-state index in [0.29, 0.717) is 29.9 Å². The maximum absolute atomic E-state index is 12.5. The second-order valence-corrected chi connectivity index (χ2v) is 7.51. The van der Waals surface area contributed by atoms with Crippen LogP contribution < -0.4 is 9.47 Å². The molecule has 27 heavy (non-hydrogen) atoms. The van der Waals surface area contributed by atoms with Crippen molar-refractivity contribution >= 4 is 23.6 Å². The van der Waals surface area contributed by atoms with E-state index < -0.39 is 11.9 Å². The normalized spacial score (nSPS) is 17.6. The van der Waals surface area contributed by atoms with E-state index in [1.54, 1.807) is 24.3 Å². The summed E-state index contributed by atoms with van der Waals surface area (Å²) in [5.41, 5.74) is 0.585. The molecule has 0 heterocycles. The van der Waals surface area contributed by atoms with Crippen molar-refractivity contribution in [3.05, 3.63) is 29.3 Å². The van der Waals surface area contributed by atoms with Gasteiger partial charge in [-0.25, -0.2) is 4.79 Å². The number of carbonyl (C=O) groups excluding carboxylic acids is 3. The van der Waals surface area contributed by atoms with Crippen LogP contribution in [0, 0.1) is 11.3 Å². The van der Waals surface area contributed by atoms with E-state index in [-0.39, 0.29) is 29.0 Å². The van der Waals surface area contributed by atoms with Crippen molar-refractivity contribution in [1.82, 2.24) is 0 Å².